The van der Waals surface area contributed by atoms with Crippen LogP contribution in [-0.4, -0.2) is 39.8 Å². The summed E-state index contributed by atoms with van der Waals surface area (Å²) in [5.74, 6) is -0.347. The van der Waals surface area contributed by atoms with Gasteiger partial charge in [-0.05, 0) is 19.1 Å². The van der Waals surface area contributed by atoms with Gasteiger partial charge in [0.1, 0.15) is 5.56 Å². The Morgan fingerprint density at radius 2 is 2.18 bits per heavy atom. The van der Waals surface area contributed by atoms with Crippen LogP contribution < -0.4 is 15.2 Å². The van der Waals surface area contributed by atoms with Crippen molar-refractivity contribution in [3.8, 4) is 0 Å². The molecule has 0 amide bonds. The fraction of sp³-hybridized carbons (Fsp3) is 0.375. The van der Waals surface area contributed by atoms with Crippen molar-refractivity contribution in [2.24, 2.45) is 0 Å². The minimum atomic E-state index is -0.347. The van der Waals surface area contributed by atoms with Gasteiger partial charge in [-0.25, -0.2) is 9.78 Å². The molecule has 0 radical (unpaired) electrons. The number of likely N-dealkylation sites (N-methyl/N-ethyl adjacent to an activating group) is 1. The highest BCUT2D eigenvalue weighted by molar-refractivity contribution is 6.31. The normalized spacial score (nSPS) is 11.0. The molecule has 1 heterocycles. The summed E-state index contributed by atoms with van der Waals surface area (Å²) in [6.07, 6.45) is 1.68. The molecule has 1 aromatic carbocycles. The maximum atomic E-state index is 12.2. The smallest absolute Gasteiger partial charge is 0.346 e. The van der Waals surface area contributed by atoms with Crippen LogP contribution in [0.2, 0.25) is 5.02 Å². The number of benzene rings is 1. The lowest BCUT2D eigenvalue weighted by molar-refractivity contribution is -0.856. The summed E-state index contributed by atoms with van der Waals surface area (Å²) in [5.41, 5.74) is 2.17. The molecule has 2 rings (SSSR count). The minimum absolute atomic E-state index is 0.341. The van der Waals surface area contributed by atoms with E-state index >= 15 is 0 Å². The monoisotopic (exact) mass is 323 g/mol. The maximum absolute atomic E-state index is 12.2. The number of anilines is 1. The molecule has 3 N–H and O–H groups in total. The molecular formula is C16H22ClN3O2+2. The van der Waals surface area contributed by atoms with Gasteiger partial charge >= 0.3 is 5.97 Å². The topological polar surface area (TPSA) is 56.9 Å². The van der Waals surface area contributed by atoms with Gasteiger partial charge < -0.3 is 15.0 Å². The molecule has 0 aliphatic heterocycles. The number of quaternary nitrogens is 1. The van der Waals surface area contributed by atoms with E-state index in [4.69, 9.17) is 16.3 Å². The lowest BCUT2D eigenvalue weighted by Gasteiger charge is -2.13. The molecule has 0 bridgehead atoms. The Morgan fingerprint density at radius 3 is 2.86 bits per heavy atom. The first kappa shape index (κ1) is 16.5. The number of rotatable bonds is 6. The molecule has 0 atom stereocenters. The highest BCUT2D eigenvalue weighted by Crippen LogP contribution is 2.27. The number of carbonyl (C=O) groups excluding carboxylic acids is 1. The van der Waals surface area contributed by atoms with Crippen LogP contribution in [0.5, 0.6) is 0 Å². The zero-order chi connectivity index (χ0) is 16.1. The van der Waals surface area contributed by atoms with E-state index in [9.17, 15) is 4.79 Å². The van der Waals surface area contributed by atoms with Gasteiger partial charge in [-0.1, -0.05) is 11.6 Å². The molecule has 0 aliphatic carbocycles. The van der Waals surface area contributed by atoms with Gasteiger partial charge in [0.15, 0.2) is 6.20 Å². The van der Waals surface area contributed by atoms with Crippen LogP contribution in [0.4, 0.5) is 5.69 Å². The van der Waals surface area contributed by atoms with Crippen LogP contribution in [0.3, 0.4) is 0 Å². The first-order valence-corrected chi connectivity index (χ1v) is 7.74. The van der Waals surface area contributed by atoms with E-state index < -0.39 is 0 Å². The van der Waals surface area contributed by atoms with Crippen molar-refractivity contribution < 1.29 is 19.4 Å². The van der Waals surface area contributed by atoms with E-state index in [2.05, 4.69) is 24.4 Å². The maximum Gasteiger partial charge on any atom is 0.346 e. The third kappa shape index (κ3) is 3.87. The number of halogens is 1. The Hall–Kier alpha value is -1.85. The van der Waals surface area contributed by atoms with Gasteiger partial charge in [-0.2, -0.15) is 0 Å². The number of aromatic amines is 1. The van der Waals surface area contributed by atoms with E-state index in [1.165, 1.54) is 4.90 Å². The van der Waals surface area contributed by atoms with E-state index in [1.54, 1.807) is 13.1 Å². The number of hydrogen-bond acceptors (Lipinski definition) is 3. The van der Waals surface area contributed by atoms with Crippen LogP contribution in [0, 0.1) is 0 Å². The third-order valence-electron chi connectivity index (χ3n) is 3.31. The summed E-state index contributed by atoms with van der Waals surface area (Å²) in [7, 11) is 4.17. The van der Waals surface area contributed by atoms with Crippen LogP contribution in [0.1, 0.15) is 17.3 Å². The van der Waals surface area contributed by atoms with Crippen LogP contribution in [0.15, 0.2) is 24.4 Å². The van der Waals surface area contributed by atoms with Gasteiger partial charge in [0.2, 0.25) is 5.52 Å². The van der Waals surface area contributed by atoms with Crippen molar-refractivity contribution in [1.29, 1.82) is 0 Å². The van der Waals surface area contributed by atoms with E-state index in [0.717, 1.165) is 29.7 Å². The lowest BCUT2D eigenvalue weighted by Crippen LogP contribution is -3.06. The first-order chi connectivity index (χ1) is 10.5. The fourth-order valence-corrected chi connectivity index (χ4v) is 2.39. The quantitative estimate of drug-likeness (QED) is 0.781. The molecule has 0 unspecified atom stereocenters. The highest BCUT2D eigenvalue weighted by Gasteiger charge is 2.20. The number of fused-ring (bicyclic) bond motifs is 1. The molecule has 0 saturated carbocycles. The van der Waals surface area contributed by atoms with Crippen molar-refractivity contribution in [3.63, 3.8) is 0 Å². The van der Waals surface area contributed by atoms with Crippen molar-refractivity contribution >= 4 is 34.2 Å². The predicted octanol–water partition coefficient (Wildman–Crippen LogP) is 1.04. The van der Waals surface area contributed by atoms with Crippen molar-refractivity contribution in [3.05, 3.63) is 35.0 Å². The molecule has 0 fully saturated rings. The van der Waals surface area contributed by atoms with Crippen LogP contribution in [-0.2, 0) is 4.74 Å². The minimum Gasteiger partial charge on any atom is -0.462 e. The molecule has 0 aliphatic rings. The fourth-order valence-electron chi connectivity index (χ4n) is 2.21. The number of esters is 1. The zero-order valence-corrected chi connectivity index (χ0v) is 13.9. The molecule has 6 heteroatoms. The molecule has 5 nitrogen and oxygen atoms in total. The van der Waals surface area contributed by atoms with E-state index in [1.807, 2.05) is 18.2 Å². The van der Waals surface area contributed by atoms with Gasteiger partial charge in [0.25, 0.3) is 0 Å². The molecule has 118 valence electrons. The van der Waals surface area contributed by atoms with Crippen molar-refractivity contribution in [2.75, 3.05) is 39.1 Å². The summed E-state index contributed by atoms with van der Waals surface area (Å²) in [4.78, 5) is 16.6. The summed E-state index contributed by atoms with van der Waals surface area (Å²) in [5, 5.41) is 4.86. The van der Waals surface area contributed by atoms with Crippen molar-refractivity contribution in [1.82, 2.24) is 0 Å². The number of ether oxygens (including phenoxy) is 1. The Bertz CT molecular complexity index is 674. The first-order valence-electron chi connectivity index (χ1n) is 7.37. The van der Waals surface area contributed by atoms with E-state index in [0.29, 0.717) is 17.2 Å². The van der Waals surface area contributed by atoms with Crippen LogP contribution >= 0.6 is 11.6 Å². The zero-order valence-electron chi connectivity index (χ0n) is 13.1. The standard InChI is InChI=1S/C16H20ClN3O2/c1-4-22-16(21)13-10-19-14-6-5-11(17)9-12(14)15(13)18-7-8-20(2)3/h5-6,9-10H,4,7-8H2,1-3H3,(H,18,19)/p+2. The summed E-state index contributed by atoms with van der Waals surface area (Å²) < 4.78 is 5.14. The van der Waals surface area contributed by atoms with E-state index in [-0.39, 0.29) is 5.97 Å². The number of pyridine rings is 1. The molecule has 22 heavy (non-hydrogen) atoms. The third-order valence-corrected chi connectivity index (χ3v) is 3.55. The largest absolute Gasteiger partial charge is 0.462 e. The second-order valence-electron chi connectivity index (χ2n) is 5.37. The van der Waals surface area contributed by atoms with Crippen molar-refractivity contribution in [2.45, 2.75) is 6.92 Å². The Balaban J connectivity index is 2.46. The molecule has 0 spiro atoms. The predicted molar refractivity (Wildman–Crippen MR) is 87.6 cm³/mol. The summed E-state index contributed by atoms with van der Waals surface area (Å²) in [6.45, 7) is 3.82. The Kier molecular flexibility index (Phi) is 5.57. The second kappa shape index (κ2) is 7.42. The number of nitrogens with one attached hydrogen (secondary N) is 3. The summed E-state index contributed by atoms with van der Waals surface area (Å²) in [6, 6.07) is 5.56. The average molecular weight is 324 g/mol. The Morgan fingerprint density at radius 1 is 1.41 bits per heavy atom. The SMILES string of the molecule is CCOC(=O)c1c[nH+]c2ccc(Cl)cc2c1NCC[NH+](C)C. The number of hydrogen-bond donors (Lipinski definition) is 2. The van der Waals surface area contributed by atoms with Gasteiger partial charge in [-0.3, -0.25) is 0 Å². The second-order valence-corrected chi connectivity index (χ2v) is 5.81. The number of aromatic nitrogens is 1. The lowest BCUT2D eigenvalue weighted by atomic mass is 10.1. The molecule has 2 aromatic rings. The molecule has 0 saturated heterocycles. The van der Waals surface area contributed by atoms with Gasteiger partial charge in [-0.15, -0.1) is 0 Å². The molecule has 1 aromatic heterocycles. The summed E-state index contributed by atoms with van der Waals surface area (Å²) >= 11 is 6.11. The van der Waals surface area contributed by atoms with Gasteiger partial charge in [0, 0.05) is 11.1 Å². The highest BCUT2D eigenvalue weighted by atomic mass is 35.5. The molecular weight excluding hydrogens is 302 g/mol. The number of H-pyrrole nitrogens is 1. The Labute approximate surface area is 135 Å². The number of carbonyl (C=O) groups is 1. The van der Waals surface area contributed by atoms with Crippen LogP contribution in [0.25, 0.3) is 10.9 Å². The van der Waals surface area contributed by atoms with Gasteiger partial charge in [0.05, 0.1) is 44.9 Å². The average Bonchev–Trinajstić information content (AvgIpc) is 2.47.